The third-order valence-electron chi connectivity index (χ3n) is 2.55. The van der Waals surface area contributed by atoms with Crippen LogP contribution in [0.5, 0.6) is 0 Å². The van der Waals surface area contributed by atoms with Gasteiger partial charge in [-0.3, -0.25) is 4.90 Å². The molecule has 0 unspecified atom stereocenters. The Balaban J connectivity index is 2.09. The summed E-state index contributed by atoms with van der Waals surface area (Å²) in [7, 11) is 2.14. The fourth-order valence-corrected chi connectivity index (χ4v) is 1.54. The molecule has 2 nitrogen and oxygen atoms in total. The molecule has 0 spiro atoms. The standard InChI is InChI=1S/C14H23NO/c1-3-4-11-16-12-10-15(2)13-14-8-6-5-7-9-14/h5-9H,3-4,10-13H2,1-2H3. The molecule has 1 aromatic rings. The van der Waals surface area contributed by atoms with Crippen molar-refractivity contribution in [3.63, 3.8) is 0 Å². The van der Waals surface area contributed by atoms with Crippen molar-refractivity contribution in [2.24, 2.45) is 0 Å². The van der Waals surface area contributed by atoms with E-state index in [4.69, 9.17) is 4.74 Å². The number of unbranched alkanes of at least 4 members (excludes halogenated alkanes) is 1. The molecule has 0 amide bonds. The maximum Gasteiger partial charge on any atom is 0.0593 e. The number of nitrogens with zero attached hydrogens (tertiary/aromatic N) is 1. The first-order valence-electron chi connectivity index (χ1n) is 6.13. The summed E-state index contributed by atoms with van der Waals surface area (Å²) in [5.74, 6) is 0. The number of benzene rings is 1. The van der Waals surface area contributed by atoms with Crippen molar-refractivity contribution in [2.45, 2.75) is 26.3 Å². The minimum absolute atomic E-state index is 0.837. The molecule has 0 radical (unpaired) electrons. The van der Waals surface area contributed by atoms with Gasteiger partial charge in [0.2, 0.25) is 0 Å². The fourth-order valence-electron chi connectivity index (χ4n) is 1.54. The molecule has 1 rings (SSSR count). The molecule has 0 N–H and O–H groups in total. The molecular weight excluding hydrogens is 198 g/mol. The van der Waals surface area contributed by atoms with E-state index < -0.39 is 0 Å². The van der Waals surface area contributed by atoms with E-state index >= 15 is 0 Å². The number of hydrogen-bond acceptors (Lipinski definition) is 2. The Kier molecular flexibility index (Phi) is 6.86. The highest BCUT2D eigenvalue weighted by Crippen LogP contribution is 2.02. The molecule has 0 heterocycles. The van der Waals surface area contributed by atoms with Gasteiger partial charge >= 0.3 is 0 Å². The van der Waals surface area contributed by atoms with Gasteiger partial charge in [-0.05, 0) is 19.0 Å². The molecule has 0 fully saturated rings. The van der Waals surface area contributed by atoms with Gasteiger partial charge in [0.1, 0.15) is 0 Å². The molecule has 16 heavy (non-hydrogen) atoms. The molecule has 1 aromatic carbocycles. The molecule has 0 aliphatic rings. The SMILES string of the molecule is CCCCOCCN(C)Cc1ccccc1. The monoisotopic (exact) mass is 221 g/mol. The van der Waals surface area contributed by atoms with Crippen LogP contribution in [0.1, 0.15) is 25.3 Å². The minimum Gasteiger partial charge on any atom is -0.380 e. The summed E-state index contributed by atoms with van der Waals surface area (Å²) in [6.45, 7) is 5.92. The van der Waals surface area contributed by atoms with Crippen LogP contribution in [0.25, 0.3) is 0 Å². The lowest BCUT2D eigenvalue weighted by Gasteiger charge is -2.16. The van der Waals surface area contributed by atoms with E-state index in [2.05, 4.69) is 49.2 Å². The Morgan fingerprint density at radius 2 is 1.88 bits per heavy atom. The van der Waals surface area contributed by atoms with Gasteiger partial charge in [-0.1, -0.05) is 43.7 Å². The molecule has 0 saturated heterocycles. The molecule has 0 aromatic heterocycles. The van der Waals surface area contributed by atoms with Crippen LogP contribution in [0, 0.1) is 0 Å². The van der Waals surface area contributed by atoms with Crippen LogP contribution >= 0.6 is 0 Å². The first kappa shape index (κ1) is 13.2. The van der Waals surface area contributed by atoms with Crippen LogP contribution < -0.4 is 0 Å². The highest BCUT2D eigenvalue weighted by molar-refractivity contribution is 5.14. The zero-order valence-corrected chi connectivity index (χ0v) is 10.5. The fraction of sp³-hybridized carbons (Fsp3) is 0.571. The average Bonchev–Trinajstić information content (AvgIpc) is 2.30. The third-order valence-corrected chi connectivity index (χ3v) is 2.55. The minimum atomic E-state index is 0.837. The first-order valence-corrected chi connectivity index (χ1v) is 6.13. The van der Waals surface area contributed by atoms with E-state index in [0.717, 1.165) is 26.3 Å². The smallest absolute Gasteiger partial charge is 0.0593 e. The molecule has 90 valence electrons. The second-order valence-electron chi connectivity index (χ2n) is 4.19. The van der Waals surface area contributed by atoms with Crippen molar-refractivity contribution in [1.29, 1.82) is 0 Å². The first-order chi connectivity index (χ1) is 7.83. The van der Waals surface area contributed by atoms with Crippen LogP contribution in [0.3, 0.4) is 0 Å². The molecule has 2 heteroatoms. The van der Waals surface area contributed by atoms with Gasteiger partial charge in [0.15, 0.2) is 0 Å². The second kappa shape index (κ2) is 8.31. The summed E-state index contributed by atoms with van der Waals surface area (Å²) in [4.78, 5) is 2.29. The molecule has 0 saturated carbocycles. The maximum atomic E-state index is 5.54. The topological polar surface area (TPSA) is 12.5 Å². The summed E-state index contributed by atoms with van der Waals surface area (Å²) in [6, 6.07) is 10.5. The van der Waals surface area contributed by atoms with Gasteiger partial charge in [0.05, 0.1) is 6.61 Å². The van der Waals surface area contributed by atoms with Gasteiger partial charge < -0.3 is 4.74 Å². The lowest BCUT2D eigenvalue weighted by atomic mass is 10.2. The van der Waals surface area contributed by atoms with Gasteiger partial charge in [0, 0.05) is 19.7 Å². The molecule has 0 atom stereocenters. The molecular formula is C14H23NO. The Morgan fingerprint density at radius 3 is 2.56 bits per heavy atom. The predicted octanol–water partition coefficient (Wildman–Crippen LogP) is 2.94. The summed E-state index contributed by atoms with van der Waals surface area (Å²) in [5, 5.41) is 0. The quantitative estimate of drug-likeness (QED) is 0.626. The number of likely N-dealkylation sites (N-methyl/N-ethyl adjacent to an activating group) is 1. The lowest BCUT2D eigenvalue weighted by molar-refractivity contribution is 0.107. The van der Waals surface area contributed by atoms with E-state index in [1.165, 1.54) is 18.4 Å². The van der Waals surface area contributed by atoms with E-state index in [1.54, 1.807) is 0 Å². The van der Waals surface area contributed by atoms with E-state index in [9.17, 15) is 0 Å². The van der Waals surface area contributed by atoms with Gasteiger partial charge in [-0.2, -0.15) is 0 Å². The highest BCUT2D eigenvalue weighted by Gasteiger charge is 1.99. The lowest BCUT2D eigenvalue weighted by Crippen LogP contribution is -2.22. The summed E-state index contributed by atoms with van der Waals surface area (Å²) in [6.07, 6.45) is 2.38. The summed E-state index contributed by atoms with van der Waals surface area (Å²) >= 11 is 0. The number of hydrogen-bond donors (Lipinski definition) is 0. The third kappa shape index (κ3) is 5.89. The predicted molar refractivity (Wildman–Crippen MR) is 68.5 cm³/mol. The normalized spacial score (nSPS) is 10.9. The van der Waals surface area contributed by atoms with E-state index in [0.29, 0.717) is 0 Å². The maximum absolute atomic E-state index is 5.54. The van der Waals surface area contributed by atoms with Crippen molar-refractivity contribution >= 4 is 0 Å². The molecule has 0 aliphatic heterocycles. The summed E-state index contributed by atoms with van der Waals surface area (Å²) in [5.41, 5.74) is 1.36. The van der Waals surface area contributed by atoms with Crippen molar-refractivity contribution in [3.05, 3.63) is 35.9 Å². The number of ether oxygens (including phenoxy) is 1. The van der Waals surface area contributed by atoms with Crippen LogP contribution in [0.4, 0.5) is 0 Å². The van der Waals surface area contributed by atoms with E-state index in [1.807, 2.05) is 0 Å². The van der Waals surface area contributed by atoms with Gasteiger partial charge in [-0.25, -0.2) is 0 Å². The van der Waals surface area contributed by atoms with Crippen LogP contribution in [-0.4, -0.2) is 31.7 Å². The second-order valence-corrected chi connectivity index (χ2v) is 4.19. The average molecular weight is 221 g/mol. The van der Waals surface area contributed by atoms with Gasteiger partial charge in [0.25, 0.3) is 0 Å². The largest absolute Gasteiger partial charge is 0.380 e. The Hall–Kier alpha value is -0.860. The van der Waals surface area contributed by atoms with Crippen LogP contribution in [0.2, 0.25) is 0 Å². The molecule has 0 aliphatic carbocycles. The Morgan fingerprint density at radius 1 is 1.12 bits per heavy atom. The van der Waals surface area contributed by atoms with Crippen LogP contribution in [0.15, 0.2) is 30.3 Å². The van der Waals surface area contributed by atoms with Crippen LogP contribution in [-0.2, 0) is 11.3 Å². The van der Waals surface area contributed by atoms with Crippen molar-refractivity contribution in [3.8, 4) is 0 Å². The van der Waals surface area contributed by atoms with E-state index in [-0.39, 0.29) is 0 Å². The Bertz CT molecular complexity index is 261. The van der Waals surface area contributed by atoms with Crippen molar-refractivity contribution in [1.82, 2.24) is 4.90 Å². The molecule has 0 bridgehead atoms. The van der Waals surface area contributed by atoms with Gasteiger partial charge in [-0.15, -0.1) is 0 Å². The highest BCUT2D eigenvalue weighted by atomic mass is 16.5. The Labute approximate surface area is 99.2 Å². The summed E-state index contributed by atoms with van der Waals surface area (Å²) < 4.78 is 5.54. The van der Waals surface area contributed by atoms with Crippen molar-refractivity contribution < 1.29 is 4.74 Å². The zero-order valence-electron chi connectivity index (χ0n) is 10.5. The van der Waals surface area contributed by atoms with Crippen molar-refractivity contribution in [2.75, 3.05) is 26.8 Å². The zero-order chi connectivity index (χ0) is 11.6. The number of rotatable bonds is 8.